The summed E-state index contributed by atoms with van der Waals surface area (Å²) in [5, 5.41) is 0. The van der Waals surface area contributed by atoms with Gasteiger partial charge in [-0.2, -0.15) is 0 Å². The number of likely N-dealkylation sites (tertiary alicyclic amines) is 2. The van der Waals surface area contributed by atoms with Crippen LogP contribution >= 0.6 is 0 Å². The molecule has 3 aliphatic rings. The van der Waals surface area contributed by atoms with E-state index in [0.717, 1.165) is 25.5 Å². The number of carbonyl (C=O) groups is 1. The van der Waals surface area contributed by atoms with E-state index in [1.54, 1.807) is 0 Å². The van der Waals surface area contributed by atoms with Crippen LogP contribution in [0.5, 0.6) is 0 Å². The van der Waals surface area contributed by atoms with E-state index < -0.39 is 0 Å². The number of amides is 1. The maximum absolute atomic E-state index is 12.3. The predicted molar refractivity (Wildman–Crippen MR) is 73.9 cm³/mol. The monoisotopic (exact) mass is 266 g/mol. The summed E-state index contributed by atoms with van der Waals surface area (Å²) in [4.78, 5) is 16.8. The van der Waals surface area contributed by atoms with Crippen molar-refractivity contribution in [2.75, 3.05) is 33.4 Å². The Kier molecular flexibility index (Phi) is 4.08. The number of likely N-dealkylation sites (N-methyl/N-ethyl adjacent to an activating group) is 1. The highest BCUT2D eigenvalue weighted by Gasteiger charge is 2.38. The minimum Gasteiger partial charge on any atom is -0.371 e. The van der Waals surface area contributed by atoms with Crippen LogP contribution < -0.4 is 0 Å². The molecular weight excluding hydrogens is 240 g/mol. The van der Waals surface area contributed by atoms with E-state index in [-0.39, 0.29) is 5.91 Å². The van der Waals surface area contributed by atoms with Gasteiger partial charge in [-0.1, -0.05) is 0 Å². The van der Waals surface area contributed by atoms with E-state index in [0.29, 0.717) is 18.7 Å². The second-order valence-corrected chi connectivity index (χ2v) is 6.45. The quantitative estimate of drug-likeness (QED) is 0.756. The fourth-order valence-corrected chi connectivity index (χ4v) is 3.60. The SMILES string of the molecule is CN1CCC[C@@H]1[C@H]1CCCN1C(=O)COCC1CC1. The normalized spacial score (nSPS) is 32.2. The number of carbonyl (C=O) groups excluding carboxylic acids is 1. The van der Waals surface area contributed by atoms with Crippen LogP contribution in [-0.2, 0) is 9.53 Å². The third-order valence-corrected chi connectivity index (χ3v) is 4.92. The Morgan fingerprint density at radius 1 is 1.11 bits per heavy atom. The number of nitrogens with zero attached hydrogens (tertiary/aromatic N) is 2. The van der Waals surface area contributed by atoms with Gasteiger partial charge in [0.15, 0.2) is 0 Å². The van der Waals surface area contributed by atoms with Crippen LogP contribution in [0.25, 0.3) is 0 Å². The Morgan fingerprint density at radius 2 is 1.84 bits per heavy atom. The number of hydrogen-bond acceptors (Lipinski definition) is 3. The van der Waals surface area contributed by atoms with Crippen LogP contribution in [0.15, 0.2) is 0 Å². The van der Waals surface area contributed by atoms with Gasteiger partial charge in [0.05, 0.1) is 6.61 Å². The van der Waals surface area contributed by atoms with Gasteiger partial charge in [-0.15, -0.1) is 0 Å². The summed E-state index contributed by atoms with van der Waals surface area (Å²) in [6.07, 6.45) is 7.42. The van der Waals surface area contributed by atoms with Crippen molar-refractivity contribution in [3.05, 3.63) is 0 Å². The summed E-state index contributed by atoms with van der Waals surface area (Å²) < 4.78 is 5.56. The Morgan fingerprint density at radius 3 is 2.53 bits per heavy atom. The highest BCUT2D eigenvalue weighted by Crippen LogP contribution is 2.30. The van der Waals surface area contributed by atoms with Gasteiger partial charge in [0.1, 0.15) is 6.61 Å². The average Bonchev–Trinajstić information content (AvgIpc) is 2.92. The lowest BCUT2D eigenvalue weighted by atomic mass is 10.0. The highest BCUT2D eigenvalue weighted by atomic mass is 16.5. The summed E-state index contributed by atoms with van der Waals surface area (Å²) in [5.74, 6) is 0.951. The molecule has 4 nitrogen and oxygen atoms in total. The van der Waals surface area contributed by atoms with Crippen LogP contribution in [0.1, 0.15) is 38.5 Å². The van der Waals surface area contributed by atoms with Crippen molar-refractivity contribution in [3.8, 4) is 0 Å². The van der Waals surface area contributed by atoms with Crippen molar-refractivity contribution >= 4 is 5.91 Å². The van der Waals surface area contributed by atoms with Crippen LogP contribution in [0.3, 0.4) is 0 Å². The van der Waals surface area contributed by atoms with Crippen molar-refractivity contribution < 1.29 is 9.53 Å². The van der Waals surface area contributed by atoms with E-state index in [2.05, 4.69) is 16.8 Å². The third kappa shape index (κ3) is 3.11. The first-order valence-electron chi connectivity index (χ1n) is 7.83. The molecule has 1 saturated carbocycles. The standard InChI is InChI=1S/C15H26N2O2/c1-16-8-2-4-13(16)14-5-3-9-17(14)15(18)11-19-10-12-6-7-12/h12-14H,2-11H2,1H3/t13-,14-/m1/s1. The number of ether oxygens (including phenoxy) is 1. The molecule has 0 aromatic carbocycles. The fraction of sp³-hybridized carbons (Fsp3) is 0.933. The number of hydrogen-bond donors (Lipinski definition) is 0. The van der Waals surface area contributed by atoms with E-state index in [1.807, 2.05) is 0 Å². The molecule has 2 saturated heterocycles. The zero-order chi connectivity index (χ0) is 13.2. The molecule has 0 aromatic heterocycles. The Bertz CT molecular complexity index is 330. The maximum atomic E-state index is 12.3. The Hall–Kier alpha value is -0.610. The minimum atomic E-state index is 0.212. The van der Waals surface area contributed by atoms with E-state index in [1.165, 1.54) is 38.6 Å². The van der Waals surface area contributed by atoms with Crippen molar-refractivity contribution in [2.24, 2.45) is 5.92 Å². The zero-order valence-electron chi connectivity index (χ0n) is 12.0. The van der Waals surface area contributed by atoms with Crippen molar-refractivity contribution in [3.63, 3.8) is 0 Å². The molecular formula is C15H26N2O2. The zero-order valence-corrected chi connectivity index (χ0v) is 12.0. The Balaban J connectivity index is 1.51. The summed E-state index contributed by atoms with van der Waals surface area (Å²) in [6, 6.07) is 1.01. The lowest BCUT2D eigenvalue weighted by Crippen LogP contribution is -2.48. The summed E-state index contributed by atoms with van der Waals surface area (Å²) >= 11 is 0. The average molecular weight is 266 g/mol. The first kappa shape index (κ1) is 13.4. The molecule has 19 heavy (non-hydrogen) atoms. The van der Waals surface area contributed by atoms with E-state index >= 15 is 0 Å². The molecule has 2 aliphatic heterocycles. The molecule has 3 fully saturated rings. The van der Waals surface area contributed by atoms with Crippen LogP contribution in [0.4, 0.5) is 0 Å². The van der Waals surface area contributed by atoms with Crippen molar-refractivity contribution in [2.45, 2.75) is 50.6 Å². The van der Waals surface area contributed by atoms with Gasteiger partial charge in [-0.05, 0) is 58.0 Å². The van der Waals surface area contributed by atoms with Gasteiger partial charge in [-0.3, -0.25) is 4.79 Å². The van der Waals surface area contributed by atoms with Crippen LogP contribution in [-0.4, -0.2) is 61.1 Å². The van der Waals surface area contributed by atoms with E-state index in [9.17, 15) is 4.79 Å². The summed E-state index contributed by atoms with van der Waals surface area (Å²) in [6.45, 7) is 3.19. The molecule has 4 heteroatoms. The van der Waals surface area contributed by atoms with Crippen LogP contribution in [0, 0.1) is 5.92 Å². The van der Waals surface area contributed by atoms with E-state index in [4.69, 9.17) is 4.74 Å². The van der Waals surface area contributed by atoms with Crippen LogP contribution in [0.2, 0.25) is 0 Å². The first-order valence-corrected chi connectivity index (χ1v) is 7.83. The molecule has 2 atom stereocenters. The van der Waals surface area contributed by atoms with Gasteiger partial charge in [-0.25, -0.2) is 0 Å². The number of rotatable bonds is 5. The maximum Gasteiger partial charge on any atom is 0.248 e. The minimum absolute atomic E-state index is 0.212. The van der Waals surface area contributed by atoms with Gasteiger partial charge in [0, 0.05) is 18.6 Å². The molecule has 0 spiro atoms. The van der Waals surface area contributed by atoms with Gasteiger partial charge in [0.25, 0.3) is 0 Å². The largest absolute Gasteiger partial charge is 0.371 e. The smallest absolute Gasteiger partial charge is 0.248 e. The van der Waals surface area contributed by atoms with Gasteiger partial charge >= 0.3 is 0 Å². The molecule has 3 rings (SSSR count). The van der Waals surface area contributed by atoms with Gasteiger partial charge < -0.3 is 14.5 Å². The molecule has 0 N–H and O–H groups in total. The fourth-order valence-electron chi connectivity index (χ4n) is 3.60. The molecule has 1 amide bonds. The second-order valence-electron chi connectivity index (χ2n) is 6.45. The molecule has 2 heterocycles. The van der Waals surface area contributed by atoms with Crippen molar-refractivity contribution in [1.29, 1.82) is 0 Å². The van der Waals surface area contributed by atoms with Gasteiger partial charge in [0.2, 0.25) is 5.91 Å². The molecule has 0 radical (unpaired) electrons. The van der Waals surface area contributed by atoms with Crippen molar-refractivity contribution in [1.82, 2.24) is 9.80 Å². The predicted octanol–water partition coefficient (Wildman–Crippen LogP) is 1.50. The summed E-state index contributed by atoms with van der Waals surface area (Å²) in [5.41, 5.74) is 0. The topological polar surface area (TPSA) is 32.8 Å². The molecule has 0 aromatic rings. The third-order valence-electron chi connectivity index (χ3n) is 4.92. The highest BCUT2D eigenvalue weighted by molar-refractivity contribution is 5.78. The first-order chi connectivity index (χ1) is 9.25. The lowest BCUT2D eigenvalue weighted by Gasteiger charge is -2.33. The lowest BCUT2D eigenvalue weighted by molar-refractivity contribution is -0.138. The molecule has 1 aliphatic carbocycles. The second kappa shape index (κ2) is 5.80. The molecule has 0 unspecified atom stereocenters. The summed E-state index contributed by atoms with van der Waals surface area (Å²) in [7, 11) is 2.20. The Labute approximate surface area is 116 Å². The molecule has 0 bridgehead atoms. The molecule has 108 valence electrons.